The summed E-state index contributed by atoms with van der Waals surface area (Å²) in [5.41, 5.74) is 9.37. The van der Waals surface area contributed by atoms with Crippen molar-refractivity contribution in [3.05, 3.63) is 66.1 Å². The summed E-state index contributed by atoms with van der Waals surface area (Å²) < 4.78 is 31.5. The van der Waals surface area contributed by atoms with Crippen LogP contribution in [0.25, 0.3) is 16.8 Å². The number of halogens is 2. The van der Waals surface area contributed by atoms with Crippen LogP contribution in [0.4, 0.5) is 26.1 Å². The number of anilines is 3. The summed E-state index contributed by atoms with van der Waals surface area (Å²) in [5, 5.41) is 10.8. The quantitative estimate of drug-likeness (QED) is 0.344. The van der Waals surface area contributed by atoms with Gasteiger partial charge in [0, 0.05) is 38.3 Å². The van der Waals surface area contributed by atoms with Crippen LogP contribution in [0, 0.1) is 17.6 Å². The number of carbonyl (C=O) groups is 1. The van der Waals surface area contributed by atoms with E-state index in [1.54, 1.807) is 30.7 Å². The average molecular weight is 533 g/mol. The number of aromatic nitrogens is 4. The first-order valence-corrected chi connectivity index (χ1v) is 13.1. The highest BCUT2D eigenvalue weighted by Crippen LogP contribution is 2.42. The van der Waals surface area contributed by atoms with Crippen molar-refractivity contribution in [3.63, 3.8) is 0 Å². The normalized spacial score (nSPS) is 21.3. The number of imidazole rings is 1. The van der Waals surface area contributed by atoms with Crippen LogP contribution in [0.2, 0.25) is 0 Å². The van der Waals surface area contributed by atoms with E-state index in [0.717, 1.165) is 18.5 Å². The van der Waals surface area contributed by atoms with Crippen LogP contribution in [0.3, 0.4) is 0 Å². The highest BCUT2D eigenvalue weighted by atomic mass is 19.1. The van der Waals surface area contributed by atoms with Gasteiger partial charge in [-0.3, -0.25) is 9.78 Å². The average Bonchev–Trinajstić information content (AvgIpc) is 3.68. The maximum Gasteiger partial charge on any atom is 0.229 e. The molecule has 1 saturated carbocycles. The lowest BCUT2D eigenvalue weighted by atomic mass is 9.89. The second-order valence-corrected chi connectivity index (χ2v) is 10.6. The number of fused-ring (bicyclic) bond motifs is 1. The monoisotopic (exact) mass is 532 g/mol. The van der Waals surface area contributed by atoms with Gasteiger partial charge in [-0.1, -0.05) is 6.92 Å². The number of pyridine rings is 1. The second-order valence-electron chi connectivity index (χ2n) is 10.6. The molecule has 39 heavy (non-hydrogen) atoms. The highest BCUT2D eigenvalue weighted by Gasteiger charge is 2.34. The Morgan fingerprint density at radius 1 is 1.10 bits per heavy atom. The Bertz CT molecular complexity index is 1520. The molecule has 2 aliphatic rings. The van der Waals surface area contributed by atoms with Gasteiger partial charge in [-0.05, 0) is 60.6 Å². The lowest BCUT2D eigenvalue weighted by Gasteiger charge is -2.42. The van der Waals surface area contributed by atoms with E-state index in [2.05, 4.69) is 37.5 Å². The summed E-state index contributed by atoms with van der Waals surface area (Å²) in [7, 11) is 0. The number of nitrogens with two attached hydrogens (primary N) is 1. The minimum atomic E-state index is -0.624. The fourth-order valence-corrected chi connectivity index (χ4v) is 5.48. The molecule has 202 valence electrons. The standard InChI is InChI=1S/C28H30F2N8O/c1-15-13-37(14-22(31)27(15)34-16(2)39)25-7-8-32-12-24(25)35-28-33-11-19-5-6-23(36-38(19)28)26-20(29)9-18(10-21(26)30)17-3-4-17/h5-12,15,17,22,27H,3-4,13-14,31H2,1-2H3,(H,33,35)(H,34,39). The second kappa shape index (κ2) is 9.88. The van der Waals surface area contributed by atoms with Crippen LogP contribution in [0.15, 0.2) is 48.9 Å². The zero-order valence-electron chi connectivity index (χ0n) is 21.7. The maximum atomic E-state index is 15.0. The van der Waals surface area contributed by atoms with Gasteiger partial charge in [-0.2, -0.15) is 9.61 Å². The minimum Gasteiger partial charge on any atom is -0.368 e. The van der Waals surface area contributed by atoms with E-state index in [4.69, 9.17) is 5.73 Å². The van der Waals surface area contributed by atoms with E-state index in [1.807, 2.05) is 6.07 Å². The van der Waals surface area contributed by atoms with E-state index in [1.165, 1.54) is 23.6 Å². The third-order valence-corrected chi connectivity index (χ3v) is 7.52. The van der Waals surface area contributed by atoms with E-state index >= 15 is 8.78 Å². The molecule has 1 aromatic carbocycles. The molecule has 4 N–H and O–H groups in total. The van der Waals surface area contributed by atoms with Gasteiger partial charge >= 0.3 is 0 Å². The molecule has 4 heterocycles. The number of piperidine rings is 1. The Morgan fingerprint density at radius 2 is 1.87 bits per heavy atom. The largest absolute Gasteiger partial charge is 0.368 e. The molecule has 1 amide bonds. The molecule has 0 radical (unpaired) electrons. The van der Waals surface area contributed by atoms with Crippen molar-refractivity contribution in [2.45, 2.75) is 44.7 Å². The maximum absolute atomic E-state index is 15.0. The molecule has 3 aromatic heterocycles. The zero-order chi connectivity index (χ0) is 27.3. The van der Waals surface area contributed by atoms with Crippen molar-refractivity contribution in [2.24, 2.45) is 11.7 Å². The van der Waals surface area contributed by atoms with Crippen molar-refractivity contribution in [1.29, 1.82) is 0 Å². The zero-order valence-corrected chi connectivity index (χ0v) is 21.7. The van der Waals surface area contributed by atoms with Gasteiger partial charge in [-0.15, -0.1) is 0 Å². The van der Waals surface area contributed by atoms with Crippen molar-refractivity contribution < 1.29 is 13.6 Å². The number of benzene rings is 1. The van der Waals surface area contributed by atoms with Crippen LogP contribution in [-0.2, 0) is 4.79 Å². The molecule has 3 unspecified atom stereocenters. The van der Waals surface area contributed by atoms with Gasteiger partial charge in [-0.25, -0.2) is 13.8 Å². The molecule has 1 aliphatic heterocycles. The van der Waals surface area contributed by atoms with E-state index in [0.29, 0.717) is 35.8 Å². The molecular formula is C28H30F2N8O. The van der Waals surface area contributed by atoms with Gasteiger partial charge in [0.2, 0.25) is 11.9 Å². The predicted octanol–water partition coefficient (Wildman–Crippen LogP) is 3.98. The molecule has 1 saturated heterocycles. The molecule has 1 aliphatic carbocycles. The Morgan fingerprint density at radius 3 is 2.56 bits per heavy atom. The molecule has 11 heteroatoms. The number of nitrogens with one attached hydrogen (secondary N) is 2. The lowest BCUT2D eigenvalue weighted by Crippen LogP contribution is -2.61. The molecule has 3 atom stereocenters. The fourth-order valence-electron chi connectivity index (χ4n) is 5.48. The number of nitrogens with zero attached hydrogens (tertiary/aromatic N) is 5. The van der Waals surface area contributed by atoms with Crippen LogP contribution >= 0.6 is 0 Å². The van der Waals surface area contributed by atoms with Crippen LogP contribution < -0.4 is 21.3 Å². The number of hydrogen-bond donors (Lipinski definition) is 3. The van der Waals surface area contributed by atoms with Gasteiger partial charge in [0.1, 0.15) is 11.6 Å². The topological polar surface area (TPSA) is 113 Å². The fraction of sp³-hybridized carbons (Fsp3) is 0.357. The summed E-state index contributed by atoms with van der Waals surface area (Å²) in [6.45, 7) is 4.77. The summed E-state index contributed by atoms with van der Waals surface area (Å²) in [6.07, 6.45) is 6.94. The first kappa shape index (κ1) is 25.2. The summed E-state index contributed by atoms with van der Waals surface area (Å²) in [6, 6.07) is 7.67. The lowest BCUT2D eigenvalue weighted by molar-refractivity contribution is -0.120. The first-order chi connectivity index (χ1) is 18.8. The van der Waals surface area contributed by atoms with Gasteiger partial charge in [0.15, 0.2) is 0 Å². The smallest absolute Gasteiger partial charge is 0.229 e. The van der Waals surface area contributed by atoms with Gasteiger partial charge in [0.05, 0.1) is 40.5 Å². The molecule has 0 spiro atoms. The summed E-state index contributed by atoms with van der Waals surface area (Å²) in [5.74, 6) is -0.612. The van der Waals surface area contributed by atoms with Gasteiger partial charge < -0.3 is 21.3 Å². The van der Waals surface area contributed by atoms with Crippen molar-refractivity contribution in [2.75, 3.05) is 23.3 Å². The molecule has 0 bridgehead atoms. The molecule has 4 aromatic rings. The SMILES string of the molecule is CC(=O)NC1C(C)CN(c2ccncc2Nc2ncc3ccc(-c4c(F)cc(C5CC5)cc4F)nn23)CC1N. The third-order valence-electron chi connectivity index (χ3n) is 7.52. The Labute approximate surface area is 224 Å². The summed E-state index contributed by atoms with van der Waals surface area (Å²) >= 11 is 0. The summed E-state index contributed by atoms with van der Waals surface area (Å²) in [4.78, 5) is 22.5. The Kier molecular flexibility index (Phi) is 6.38. The Balaban J connectivity index is 1.30. The first-order valence-electron chi connectivity index (χ1n) is 13.1. The predicted molar refractivity (Wildman–Crippen MR) is 145 cm³/mol. The van der Waals surface area contributed by atoms with Crippen molar-refractivity contribution in [1.82, 2.24) is 24.9 Å². The molecule has 2 fully saturated rings. The highest BCUT2D eigenvalue weighted by molar-refractivity contribution is 5.75. The third kappa shape index (κ3) is 4.89. The minimum absolute atomic E-state index is 0.0984. The number of amides is 1. The Hall–Kier alpha value is -4.12. The molecular weight excluding hydrogens is 502 g/mol. The van der Waals surface area contributed by atoms with Crippen molar-refractivity contribution >= 4 is 28.7 Å². The van der Waals surface area contributed by atoms with E-state index in [-0.39, 0.29) is 41.1 Å². The number of rotatable bonds is 6. The van der Waals surface area contributed by atoms with Crippen LogP contribution in [-0.4, -0.2) is 50.7 Å². The molecule has 6 rings (SSSR count). The molecule has 9 nitrogen and oxygen atoms in total. The van der Waals surface area contributed by atoms with E-state index in [9.17, 15) is 4.79 Å². The van der Waals surface area contributed by atoms with Crippen LogP contribution in [0.5, 0.6) is 0 Å². The number of carbonyl (C=O) groups excluding carboxylic acids is 1. The van der Waals surface area contributed by atoms with Gasteiger partial charge in [0.25, 0.3) is 0 Å². The number of hydrogen-bond acceptors (Lipinski definition) is 7. The van der Waals surface area contributed by atoms with Crippen molar-refractivity contribution in [3.8, 4) is 11.3 Å². The van der Waals surface area contributed by atoms with E-state index < -0.39 is 11.6 Å². The van der Waals surface area contributed by atoms with Crippen LogP contribution in [0.1, 0.15) is 38.2 Å².